The van der Waals surface area contributed by atoms with Crippen LogP contribution in [0, 0.1) is 0 Å². The van der Waals surface area contributed by atoms with Gasteiger partial charge in [0.1, 0.15) is 0 Å². The summed E-state index contributed by atoms with van der Waals surface area (Å²) in [6.07, 6.45) is 0. The smallest absolute Gasteiger partial charge is 0.405 e. The monoisotopic (exact) mass is 240 g/mol. The van der Waals surface area contributed by atoms with Crippen LogP contribution >= 0.6 is 0 Å². The first kappa shape index (κ1) is 10.7. The molecular weight excluding hydrogens is 228 g/mol. The van der Waals surface area contributed by atoms with Crippen LogP contribution in [-0.2, 0) is 6.54 Å². The molecule has 0 radical (unpaired) electrons. The number of hydrogen-bond acceptors (Lipinski definition) is 3. The second-order valence-electron chi connectivity index (χ2n) is 4.14. The zero-order valence-corrected chi connectivity index (χ0v) is 9.67. The minimum atomic E-state index is -0.383. The summed E-state index contributed by atoms with van der Waals surface area (Å²) in [5.41, 5.74) is 8.50. The predicted octanol–water partition coefficient (Wildman–Crippen LogP) is 2.22. The number of para-hydroxylation sites is 1. The Morgan fingerprint density at radius 2 is 1.83 bits per heavy atom. The predicted molar refractivity (Wildman–Crippen MR) is 70.4 cm³/mol. The standard InChI is InChI=1S/C14H12N2O2/c15-11-7-4-8-12-13(11)18-14(17)16(12)9-10-5-2-1-3-6-10/h1-8H,9,15H2. The second-order valence-corrected chi connectivity index (χ2v) is 4.14. The lowest BCUT2D eigenvalue weighted by molar-refractivity contribution is 0.518. The topological polar surface area (TPSA) is 61.2 Å². The van der Waals surface area contributed by atoms with Gasteiger partial charge in [-0.05, 0) is 17.7 Å². The van der Waals surface area contributed by atoms with Gasteiger partial charge in [-0.15, -0.1) is 0 Å². The number of rotatable bonds is 2. The van der Waals surface area contributed by atoms with E-state index >= 15 is 0 Å². The van der Waals surface area contributed by atoms with Gasteiger partial charge in [-0.3, -0.25) is 4.57 Å². The van der Waals surface area contributed by atoms with Crippen LogP contribution in [0.1, 0.15) is 5.56 Å². The van der Waals surface area contributed by atoms with E-state index in [9.17, 15) is 4.79 Å². The minimum Gasteiger partial charge on any atom is -0.405 e. The number of anilines is 1. The van der Waals surface area contributed by atoms with Crippen LogP contribution in [0.5, 0.6) is 0 Å². The quantitative estimate of drug-likeness (QED) is 0.699. The Labute approximate surface area is 103 Å². The van der Waals surface area contributed by atoms with Crippen molar-refractivity contribution in [3.05, 3.63) is 64.6 Å². The van der Waals surface area contributed by atoms with Crippen LogP contribution in [0.15, 0.2) is 57.7 Å². The van der Waals surface area contributed by atoms with Gasteiger partial charge in [0.05, 0.1) is 17.7 Å². The van der Waals surface area contributed by atoms with E-state index < -0.39 is 0 Å². The van der Waals surface area contributed by atoms with Gasteiger partial charge in [0.2, 0.25) is 0 Å². The van der Waals surface area contributed by atoms with Gasteiger partial charge < -0.3 is 10.2 Å². The number of aromatic nitrogens is 1. The molecule has 3 rings (SSSR count). The zero-order chi connectivity index (χ0) is 12.5. The summed E-state index contributed by atoms with van der Waals surface area (Å²) in [6, 6.07) is 15.1. The summed E-state index contributed by atoms with van der Waals surface area (Å²) in [4.78, 5) is 11.8. The third kappa shape index (κ3) is 1.68. The molecule has 2 N–H and O–H groups in total. The molecule has 0 aliphatic carbocycles. The molecule has 0 amide bonds. The van der Waals surface area contributed by atoms with Crippen molar-refractivity contribution in [3.8, 4) is 0 Å². The molecule has 3 aromatic rings. The molecule has 4 heteroatoms. The van der Waals surface area contributed by atoms with Crippen molar-refractivity contribution in [1.82, 2.24) is 4.57 Å². The molecule has 0 unspecified atom stereocenters. The van der Waals surface area contributed by atoms with Gasteiger partial charge in [-0.2, -0.15) is 0 Å². The first-order valence-electron chi connectivity index (χ1n) is 5.67. The van der Waals surface area contributed by atoms with Gasteiger partial charge in [0, 0.05) is 0 Å². The molecular formula is C14H12N2O2. The molecule has 90 valence electrons. The molecule has 0 saturated heterocycles. The van der Waals surface area contributed by atoms with Crippen molar-refractivity contribution >= 4 is 16.8 Å². The van der Waals surface area contributed by atoms with Crippen LogP contribution in [0.3, 0.4) is 0 Å². The highest BCUT2D eigenvalue weighted by Crippen LogP contribution is 2.20. The number of nitrogens with zero attached hydrogens (tertiary/aromatic N) is 1. The molecule has 0 atom stereocenters. The summed E-state index contributed by atoms with van der Waals surface area (Å²) in [6.45, 7) is 0.482. The molecule has 1 heterocycles. The fourth-order valence-corrected chi connectivity index (χ4v) is 2.02. The maximum atomic E-state index is 11.8. The number of nitrogens with two attached hydrogens (primary N) is 1. The molecule has 0 saturated carbocycles. The highest BCUT2D eigenvalue weighted by Gasteiger charge is 2.11. The normalized spacial score (nSPS) is 10.9. The Kier molecular flexibility index (Phi) is 2.41. The van der Waals surface area contributed by atoms with Crippen molar-refractivity contribution in [2.45, 2.75) is 6.54 Å². The van der Waals surface area contributed by atoms with Crippen molar-refractivity contribution in [1.29, 1.82) is 0 Å². The number of nitrogen functional groups attached to an aromatic ring is 1. The van der Waals surface area contributed by atoms with Crippen LogP contribution in [0.2, 0.25) is 0 Å². The van der Waals surface area contributed by atoms with E-state index in [2.05, 4.69) is 0 Å². The molecule has 1 aromatic heterocycles. The summed E-state index contributed by atoms with van der Waals surface area (Å²) in [7, 11) is 0. The number of benzene rings is 2. The van der Waals surface area contributed by atoms with E-state index in [-0.39, 0.29) is 5.76 Å². The van der Waals surface area contributed by atoms with Crippen molar-refractivity contribution in [3.63, 3.8) is 0 Å². The van der Waals surface area contributed by atoms with Crippen LogP contribution in [0.4, 0.5) is 5.69 Å². The Balaban J connectivity index is 2.15. The van der Waals surface area contributed by atoms with E-state index in [0.717, 1.165) is 11.1 Å². The third-order valence-corrected chi connectivity index (χ3v) is 2.91. The largest absolute Gasteiger partial charge is 0.420 e. The number of hydrogen-bond donors (Lipinski definition) is 1. The summed E-state index contributed by atoms with van der Waals surface area (Å²) < 4.78 is 6.77. The summed E-state index contributed by atoms with van der Waals surface area (Å²) in [5.74, 6) is -0.383. The summed E-state index contributed by atoms with van der Waals surface area (Å²) in [5, 5.41) is 0. The molecule has 18 heavy (non-hydrogen) atoms. The Bertz CT molecular complexity index is 741. The third-order valence-electron chi connectivity index (χ3n) is 2.91. The highest BCUT2D eigenvalue weighted by atomic mass is 16.4. The molecule has 4 nitrogen and oxygen atoms in total. The maximum absolute atomic E-state index is 11.8. The van der Waals surface area contributed by atoms with E-state index in [1.165, 1.54) is 0 Å². The fourth-order valence-electron chi connectivity index (χ4n) is 2.02. The molecule has 0 aliphatic rings. The van der Waals surface area contributed by atoms with Crippen LogP contribution in [-0.4, -0.2) is 4.57 Å². The Morgan fingerprint density at radius 3 is 2.61 bits per heavy atom. The minimum absolute atomic E-state index is 0.383. The van der Waals surface area contributed by atoms with Crippen molar-refractivity contribution < 1.29 is 4.42 Å². The maximum Gasteiger partial charge on any atom is 0.420 e. The lowest BCUT2D eigenvalue weighted by Crippen LogP contribution is -2.14. The van der Waals surface area contributed by atoms with E-state index in [1.54, 1.807) is 10.6 Å². The SMILES string of the molecule is Nc1cccc2c1oc(=O)n2Cc1ccccc1. The van der Waals surface area contributed by atoms with Gasteiger partial charge >= 0.3 is 5.76 Å². The fraction of sp³-hybridized carbons (Fsp3) is 0.0714. The highest BCUT2D eigenvalue weighted by molar-refractivity contribution is 5.84. The first-order valence-corrected chi connectivity index (χ1v) is 5.67. The average molecular weight is 240 g/mol. The van der Waals surface area contributed by atoms with Crippen molar-refractivity contribution in [2.75, 3.05) is 5.73 Å². The number of fused-ring (bicyclic) bond motifs is 1. The molecule has 0 aliphatic heterocycles. The Morgan fingerprint density at radius 1 is 1.06 bits per heavy atom. The zero-order valence-electron chi connectivity index (χ0n) is 9.67. The number of oxazole rings is 1. The van der Waals surface area contributed by atoms with E-state index in [1.807, 2.05) is 42.5 Å². The van der Waals surface area contributed by atoms with Crippen LogP contribution in [0.25, 0.3) is 11.1 Å². The van der Waals surface area contributed by atoms with Gasteiger partial charge in [-0.25, -0.2) is 4.79 Å². The molecule has 0 fully saturated rings. The second kappa shape index (κ2) is 4.07. The average Bonchev–Trinajstić information content (AvgIpc) is 2.70. The van der Waals surface area contributed by atoms with Crippen molar-refractivity contribution in [2.24, 2.45) is 0 Å². The summed E-state index contributed by atoms with van der Waals surface area (Å²) >= 11 is 0. The van der Waals surface area contributed by atoms with Gasteiger partial charge in [-0.1, -0.05) is 36.4 Å². The van der Waals surface area contributed by atoms with Gasteiger partial charge in [0.25, 0.3) is 0 Å². The Hall–Kier alpha value is -2.49. The molecule has 0 spiro atoms. The lowest BCUT2D eigenvalue weighted by Gasteiger charge is -2.02. The first-order chi connectivity index (χ1) is 8.75. The molecule has 2 aromatic carbocycles. The van der Waals surface area contributed by atoms with Crippen LogP contribution < -0.4 is 11.5 Å². The van der Waals surface area contributed by atoms with Gasteiger partial charge in [0.15, 0.2) is 5.58 Å². The lowest BCUT2D eigenvalue weighted by atomic mass is 10.2. The molecule has 0 bridgehead atoms. The van der Waals surface area contributed by atoms with E-state index in [0.29, 0.717) is 17.8 Å². The van der Waals surface area contributed by atoms with E-state index in [4.69, 9.17) is 10.2 Å².